The molecule has 3 aromatic rings. The molecule has 5 nitrogen and oxygen atoms in total. The van der Waals surface area contributed by atoms with E-state index in [2.05, 4.69) is 15.3 Å². The summed E-state index contributed by atoms with van der Waals surface area (Å²) in [5.41, 5.74) is 8.26. The fourth-order valence-electron chi connectivity index (χ4n) is 1.87. The van der Waals surface area contributed by atoms with E-state index in [1.54, 1.807) is 16.9 Å². The Kier molecular flexibility index (Phi) is 2.41. The number of aryl methyl sites for hydroxylation is 1. The summed E-state index contributed by atoms with van der Waals surface area (Å²) in [7, 11) is 1.87. The standard InChI is InChI=1S/C12H10ClN5/c1-18-6-9(5-15-18)7-2-8-4-11(14)16-17-12(8)10(13)3-7/h2-6H,1H3,(H2,14,16). The van der Waals surface area contributed by atoms with Crippen LogP contribution in [0.2, 0.25) is 5.02 Å². The van der Waals surface area contributed by atoms with Gasteiger partial charge in [0.1, 0.15) is 11.3 Å². The van der Waals surface area contributed by atoms with E-state index in [1.807, 2.05) is 25.4 Å². The lowest BCUT2D eigenvalue weighted by Crippen LogP contribution is -1.93. The molecule has 0 atom stereocenters. The number of nitrogens with two attached hydrogens (primary N) is 1. The molecule has 0 bridgehead atoms. The van der Waals surface area contributed by atoms with Crippen molar-refractivity contribution in [3.8, 4) is 11.1 Å². The Morgan fingerprint density at radius 3 is 2.72 bits per heavy atom. The van der Waals surface area contributed by atoms with Gasteiger partial charge < -0.3 is 5.73 Å². The molecule has 0 radical (unpaired) electrons. The van der Waals surface area contributed by atoms with Crippen LogP contribution in [0.4, 0.5) is 5.82 Å². The van der Waals surface area contributed by atoms with E-state index >= 15 is 0 Å². The van der Waals surface area contributed by atoms with E-state index in [9.17, 15) is 0 Å². The largest absolute Gasteiger partial charge is 0.382 e. The van der Waals surface area contributed by atoms with Crippen molar-refractivity contribution < 1.29 is 0 Å². The minimum Gasteiger partial charge on any atom is -0.382 e. The summed E-state index contributed by atoms with van der Waals surface area (Å²) in [6.45, 7) is 0. The molecule has 2 N–H and O–H groups in total. The Labute approximate surface area is 108 Å². The summed E-state index contributed by atoms with van der Waals surface area (Å²) in [6, 6.07) is 5.59. The van der Waals surface area contributed by atoms with Gasteiger partial charge in [0.2, 0.25) is 0 Å². The van der Waals surface area contributed by atoms with Crippen molar-refractivity contribution in [1.82, 2.24) is 20.0 Å². The predicted octanol–water partition coefficient (Wildman–Crippen LogP) is 2.27. The number of nitrogens with zero attached hydrogens (tertiary/aromatic N) is 4. The first kappa shape index (κ1) is 11.0. The fourth-order valence-corrected chi connectivity index (χ4v) is 2.13. The number of aromatic nitrogens is 4. The van der Waals surface area contributed by atoms with Gasteiger partial charge in [-0.05, 0) is 23.8 Å². The lowest BCUT2D eigenvalue weighted by molar-refractivity contribution is 0.768. The SMILES string of the molecule is Cn1cc(-c2cc(Cl)c3nnc(N)cc3c2)cn1. The molecular weight excluding hydrogens is 250 g/mol. The summed E-state index contributed by atoms with van der Waals surface area (Å²) < 4.78 is 1.74. The number of fused-ring (bicyclic) bond motifs is 1. The van der Waals surface area contributed by atoms with Crippen LogP contribution in [0.3, 0.4) is 0 Å². The summed E-state index contributed by atoms with van der Waals surface area (Å²) in [4.78, 5) is 0. The summed E-state index contributed by atoms with van der Waals surface area (Å²) in [5.74, 6) is 0.377. The number of hydrogen-bond acceptors (Lipinski definition) is 4. The van der Waals surface area contributed by atoms with Crippen LogP contribution in [0.1, 0.15) is 0 Å². The third kappa shape index (κ3) is 1.78. The van der Waals surface area contributed by atoms with Gasteiger partial charge in [-0.1, -0.05) is 11.6 Å². The Morgan fingerprint density at radius 1 is 1.17 bits per heavy atom. The number of anilines is 1. The van der Waals surface area contributed by atoms with Crippen molar-refractivity contribution in [2.45, 2.75) is 0 Å². The van der Waals surface area contributed by atoms with Gasteiger partial charge in [-0.15, -0.1) is 10.2 Å². The van der Waals surface area contributed by atoms with Crippen molar-refractivity contribution in [3.05, 3.63) is 35.6 Å². The van der Waals surface area contributed by atoms with E-state index in [0.29, 0.717) is 16.4 Å². The maximum Gasteiger partial charge on any atom is 0.146 e. The third-order valence-corrected chi connectivity index (χ3v) is 2.99. The molecule has 0 aliphatic carbocycles. The molecule has 0 spiro atoms. The zero-order valence-corrected chi connectivity index (χ0v) is 10.4. The van der Waals surface area contributed by atoms with Crippen LogP contribution in [-0.2, 0) is 7.05 Å². The Bertz CT molecular complexity index is 734. The second-order valence-corrected chi connectivity index (χ2v) is 4.47. The Morgan fingerprint density at radius 2 is 2.00 bits per heavy atom. The lowest BCUT2D eigenvalue weighted by atomic mass is 10.1. The van der Waals surface area contributed by atoms with Crippen LogP contribution in [0.25, 0.3) is 22.0 Å². The molecule has 1 aromatic carbocycles. The molecule has 0 saturated heterocycles. The maximum atomic E-state index is 6.20. The smallest absolute Gasteiger partial charge is 0.146 e. The summed E-state index contributed by atoms with van der Waals surface area (Å²) >= 11 is 6.20. The molecular formula is C12H10ClN5. The van der Waals surface area contributed by atoms with Gasteiger partial charge in [-0.3, -0.25) is 4.68 Å². The van der Waals surface area contributed by atoms with Gasteiger partial charge in [0.05, 0.1) is 11.2 Å². The molecule has 18 heavy (non-hydrogen) atoms. The zero-order valence-electron chi connectivity index (χ0n) is 9.63. The quantitative estimate of drug-likeness (QED) is 0.728. The molecule has 0 fully saturated rings. The summed E-state index contributed by atoms with van der Waals surface area (Å²) in [5, 5.41) is 13.4. The highest BCUT2D eigenvalue weighted by atomic mass is 35.5. The van der Waals surface area contributed by atoms with Crippen molar-refractivity contribution in [2.75, 3.05) is 5.73 Å². The van der Waals surface area contributed by atoms with E-state index in [1.165, 1.54) is 0 Å². The fraction of sp³-hybridized carbons (Fsp3) is 0.0833. The van der Waals surface area contributed by atoms with Crippen molar-refractivity contribution in [2.24, 2.45) is 7.05 Å². The molecule has 0 aliphatic rings. The number of halogens is 1. The summed E-state index contributed by atoms with van der Waals surface area (Å²) in [6.07, 6.45) is 3.71. The predicted molar refractivity (Wildman–Crippen MR) is 71.2 cm³/mol. The Balaban J connectivity index is 2.26. The van der Waals surface area contributed by atoms with Crippen LogP contribution in [0.5, 0.6) is 0 Å². The second kappa shape index (κ2) is 3.96. The first-order chi connectivity index (χ1) is 8.63. The minimum atomic E-state index is 0.377. The molecule has 0 unspecified atom stereocenters. The zero-order chi connectivity index (χ0) is 12.7. The van der Waals surface area contributed by atoms with Crippen LogP contribution in [0.15, 0.2) is 30.6 Å². The van der Waals surface area contributed by atoms with Gasteiger partial charge >= 0.3 is 0 Å². The van der Waals surface area contributed by atoms with Crippen molar-refractivity contribution in [3.63, 3.8) is 0 Å². The molecule has 0 amide bonds. The van der Waals surface area contributed by atoms with Crippen LogP contribution in [-0.4, -0.2) is 20.0 Å². The normalized spacial score (nSPS) is 11.0. The van der Waals surface area contributed by atoms with Gasteiger partial charge in [-0.25, -0.2) is 0 Å². The van der Waals surface area contributed by atoms with Crippen LogP contribution < -0.4 is 5.73 Å². The van der Waals surface area contributed by atoms with E-state index in [4.69, 9.17) is 17.3 Å². The average molecular weight is 260 g/mol. The average Bonchev–Trinajstić information content (AvgIpc) is 2.75. The minimum absolute atomic E-state index is 0.377. The number of benzene rings is 1. The number of nitrogen functional groups attached to an aromatic ring is 1. The van der Waals surface area contributed by atoms with Crippen molar-refractivity contribution >= 4 is 28.3 Å². The van der Waals surface area contributed by atoms with Gasteiger partial charge in [0.25, 0.3) is 0 Å². The van der Waals surface area contributed by atoms with Crippen molar-refractivity contribution in [1.29, 1.82) is 0 Å². The monoisotopic (exact) mass is 259 g/mol. The number of hydrogen-bond donors (Lipinski definition) is 1. The first-order valence-corrected chi connectivity index (χ1v) is 5.73. The highest BCUT2D eigenvalue weighted by molar-refractivity contribution is 6.35. The molecule has 2 heterocycles. The van der Waals surface area contributed by atoms with E-state index in [-0.39, 0.29) is 0 Å². The maximum absolute atomic E-state index is 6.20. The topological polar surface area (TPSA) is 69.6 Å². The van der Waals surface area contributed by atoms with Gasteiger partial charge in [0, 0.05) is 24.2 Å². The van der Waals surface area contributed by atoms with Gasteiger partial charge in [0.15, 0.2) is 0 Å². The van der Waals surface area contributed by atoms with E-state index in [0.717, 1.165) is 16.5 Å². The van der Waals surface area contributed by atoms with Crippen LogP contribution >= 0.6 is 11.6 Å². The molecule has 0 saturated carbocycles. The lowest BCUT2D eigenvalue weighted by Gasteiger charge is -2.03. The molecule has 90 valence electrons. The third-order valence-electron chi connectivity index (χ3n) is 2.70. The Hall–Kier alpha value is -2.14. The highest BCUT2D eigenvalue weighted by Crippen LogP contribution is 2.29. The second-order valence-electron chi connectivity index (χ2n) is 4.07. The molecule has 2 aromatic heterocycles. The molecule has 0 aliphatic heterocycles. The highest BCUT2D eigenvalue weighted by Gasteiger charge is 2.08. The first-order valence-electron chi connectivity index (χ1n) is 5.35. The number of rotatable bonds is 1. The van der Waals surface area contributed by atoms with E-state index < -0.39 is 0 Å². The van der Waals surface area contributed by atoms with Gasteiger partial charge in [-0.2, -0.15) is 5.10 Å². The molecule has 3 rings (SSSR count). The molecule has 6 heteroatoms. The van der Waals surface area contributed by atoms with Crippen LogP contribution in [0, 0.1) is 0 Å².